The highest BCUT2D eigenvalue weighted by molar-refractivity contribution is 7.17. The molecule has 0 bridgehead atoms. The van der Waals surface area contributed by atoms with Crippen LogP contribution in [0.3, 0.4) is 0 Å². The molecule has 0 aliphatic heterocycles. The summed E-state index contributed by atoms with van der Waals surface area (Å²) >= 11 is 1.78. The Morgan fingerprint density at radius 2 is 2.15 bits per heavy atom. The van der Waals surface area contributed by atoms with E-state index in [1.165, 1.54) is 42.4 Å². The highest BCUT2D eigenvalue weighted by Gasteiger charge is 2.21. The lowest BCUT2D eigenvalue weighted by atomic mass is 9.84. The number of rotatable bonds is 4. The highest BCUT2D eigenvalue weighted by atomic mass is 32.1. The van der Waals surface area contributed by atoms with Gasteiger partial charge < -0.3 is 5.32 Å². The Morgan fingerprint density at radius 1 is 1.35 bits per heavy atom. The number of nitrogens with zero attached hydrogens (tertiary/aromatic N) is 1. The predicted octanol–water partition coefficient (Wildman–Crippen LogP) is 4.92. The minimum Gasteiger partial charge on any atom is -0.307 e. The molecule has 1 fully saturated rings. The number of aromatic nitrogens is 1. The zero-order valence-corrected chi connectivity index (χ0v) is 13.2. The van der Waals surface area contributed by atoms with Crippen LogP contribution in [0.25, 0.3) is 10.2 Å². The maximum atomic E-state index is 4.55. The Hall–Kier alpha value is -0.930. The fourth-order valence-electron chi connectivity index (χ4n) is 3.29. The first-order chi connectivity index (χ1) is 9.76. The van der Waals surface area contributed by atoms with Gasteiger partial charge in [-0.1, -0.05) is 13.3 Å². The standard InChI is InChI=1S/C17H24N2S/c1-3-13-4-6-15(7-5-13)19-12(2)14-10-17-16(18-11-14)8-9-20-17/h8-13,15,19H,3-7H2,1-2H3. The molecular weight excluding hydrogens is 264 g/mol. The van der Waals surface area contributed by atoms with E-state index in [0.717, 1.165) is 11.4 Å². The largest absolute Gasteiger partial charge is 0.307 e. The molecule has 0 spiro atoms. The van der Waals surface area contributed by atoms with Crippen molar-refractivity contribution >= 4 is 21.6 Å². The lowest BCUT2D eigenvalue weighted by Gasteiger charge is -2.30. The van der Waals surface area contributed by atoms with Crippen molar-refractivity contribution in [1.82, 2.24) is 10.3 Å². The molecule has 1 atom stereocenters. The molecule has 1 saturated carbocycles. The van der Waals surface area contributed by atoms with Gasteiger partial charge in [0.25, 0.3) is 0 Å². The normalized spacial score (nSPS) is 24.9. The Balaban J connectivity index is 1.62. The van der Waals surface area contributed by atoms with Crippen molar-refractivity contribution in [1.29, 1.82) is 0 Å². The molecule has 2 aromatic heterocycles. The van der Waals surface area contributed by atoms with Crippen LogP contribution in [0.1, 0.15) is 57.6 Å². The van der Waals surface area contributed by atoms with Crippen molar-refractivity contribution in [2.24, 2.45) is 5.92 Å². The molecule has 0 aromatic carbocycles. The predicted molar refractivity (Wildman–Crippen MR) is 87.2 cm³/mol. The van der Waals surface area contributed by atoms with E-state index >= 15 is 0 Å². The van der Waals surface area contributed by atoms with Gasteiger partial charge in [0.15, 0.2) is 0 Å². The summed E-state index contributed by atoms with van der Waals surface area (Å²) in [6.45, 7) is 4.59. The minimum absolute atomic E-state index is 0.400. The first-order valence-corrected chi connectivity index (χ1v) is 8.73. The maximum Gasteiger partial charge on any atom is 0.0809 e. The SMILES string of the molecule is CCC1CCC(NC(C)c2cnc3ccsc3c2)CC1. The number of pyridine rings is 1. The Labute approximate surface area is 125 Å². The van der Waals surface area contributed by atoms with E-state index in [-0.39, 0.29) is 0 Å². The third kappa shape index (κ3) is 3.04. The molecule has 3 rings (SSSR count). The van der Waals surface area contributed by atoms with Crippen LogP contribution in [0.2, 0.25) is 0 Å². The van der Waals surface area contributed by atoms with Gasteiger partial charge in [0, 0.05) is 18.3 Å². The van der Waals surface area contributed by atoms with E-state index in [1.54, 1.807) is 11.3 Å². The van der Waals surface area contributed by atoms with Crippen molar-refractivity contribution in [3.05, 3.63) is 29.3 Å². The second-order valence-electron chi connectivity index (χ2n) is 6.09. The van der Waals surface area contributed by atoms with Crippen LogP contribution in [0.5, 0.6) is 0 Å². The first-order valence-electron chi connectivity index (χ1n) is 7.85. The number of thiophene rings is 1. The summed E-state index contributed by atoms with van der Waals surface area (Å²) in [5, 5.41) is 5.92. The van der Waals surface area contributed by atoms with Gasteiger partial charge in [-0.05, 0) is 61.6 Å². The lowest BCUT2D eigenvalue weighted by molar-refractivity contribution is 0.273. The lowest BCUT2D eigenvalue weighted by Crippen LogP contribution is -2.34. The van der Waals surface area contributed by atoms with Crippen LogP contribution in [-0.4, -0.2) is 11.0 Å². The van der Waals surface area contributed by atoms with E-state index in [9.17, 15) is 0 Å². The van der Waals surface area contributed by atoms with Crippen molar-refractivity contribution in [2.75, 3.05) is 0 Å². The Kier molecular flexibility index (Phi) is 4.37. The number of hydrogen-bond donors (Lipinski definition) is 1. The minimum atomic E-state index is 0.400. The highest BCUT2D eigenvalue weighted by Crippen LogP contribution is 2.28. The molecule has 0 saturated heterocycles. The van der Waals surface area contributed by atoms with Crippen LogP contribution < -0.4 is 5.32 Å². The molecule has 20 heavy (non-hydrogen) atoms. The molecule has 2 nitrogen and oxygen atoms in total. The van der Waals surface area contributed by atoms with Crippen molar-refractivity contribution in [3.8, 4) is 0 Å². The summed E-state index contributed by atoms with van der Waals surface area (Å²) in [6, 6.07) is 5.47. The smallest absolute Gasteiger partial charge is 0.0809 e. The second-order valence-corrected chi connectivity index (χ2v) is 7.03. The molecular formula is C17H24N2S. The summed E-state index contributed by atoms with van der Waals surface area (Å²) in [7, 11) is 0. The Morgan fingerprint density at radius 3 is 2.90 bits per heavy atom. The molecule has 1 aliphatic carbocycles. The van der Waals surface area contributed by atoms with Gasteiger partial charge in [-0.2, -0.15) is 0 Å². The van der Waals surface area contributed by atoms with Gasteiger partial charge in [-0.3, -0.25) is 4.98 Å². The van der Waals surface area contributed by atoms with Crippen molar-refractivity contribution < 1.29 is 0 Å². The van der Waals surface area contributed by atoms with Gasteiger partial charge >= 0.3 is 0 Å². The van der Waals surface area contributed by atoms with Gasteiger partial charge in [-0.25, -0.2) is 0 Å². The summed E-state index contributed by atoms with van der Waals surface area (Å²) in [6.07, 6.45) is 8.83. The third-order valence-corrected chi connectivity index (χ3v) is 5.59. The van der Waals surface area contributed by atoms with Gasteiger partial charge in [0.05, 0.1) is 10.2 Å². The average Bonchev–Trinajstić information content (AvgIpc) is 2.95. The molecule has 3 heteroatoms. The molecule has 1 aliphatic rings. The van der Waals surface area contributed by atoms with E-state index in [0.29, 0.717) is 12.1 Å². The molecule has 0 radical (unpaired) electrons. The van der Waals surface area contributed by atoms with E-state index in [1.807, 2.05) is 6.20 Å². The monoisotopic (exact) mass is 288 g/mol. The molecule has 0 amide bonds. The molecule has 1 N–H and O–H groups in total. The first kappa shape index (κ1) is 14.0. The quantitative estimate of drug-likeness (QED) is 0.864. The van der Waals surface area contributed by atoms with E-state index in [2.05, 4.69) is 41.7 Å². The fraction of sp³-hybridized carbons (Fsp3) is 0.588. The van der Waals surface area contributed by atoms with Crippen LogP contribution in [0.15, 0.2) is 23.7 Å². The van der Waals surface area contributed by atoms with Crippen LogP contribution in [0.4, 0.5) is 0 Å². The molecule has 2 heterocycles. The summed E-state index contributed by atoms with van der Waals surface area (Å²) in [5.41, 5.74) is 2.44. The number of fused-ring (bicyclic) bond motifs is 1. The van der Waals surface area contributed by atoms with Gasteiger partial charge in [-0.15, -0.1) is 11.3 Å². The zero-order chi connectivity index (χ0) is 13.9. The van der Waals surface area contributed by atoms with Gasteiger partial charge in [0.2, 0.25) is 0 Å². The zero-order valence-electron chi connectivity index (χ0n) is 12.4. The van der Waals surface area contributed by atoms with Crippen LogP contribution in [0, 0.1) is 5.92 Å². The average molecular weight is 288 g/mol. The number of nitrogens with one attached hydrogen (secondary N) is 1. The van der Waals surface area contributed by atoms with Crippen LogP contribution in [-0.2, 0) is 0 Å². The molecule has 2 aromatic rings. The van der Waals surface area contributed by atoms with Crippen molar-refractivity contribution in [2.45, 2.75) is 58.0 Å². The summed E-state index contributed by atoms with van der Waals surface area (Å²) in [4.78, 5) is 4.55. The van der Waals surface area contributed by atoms with E-state index in [4.69, 9.17) is 0 Å². The summed E-state index contributed by atoms with van der Waals surface area (Å²) in [5.74, 6) is 0.965. The van der Waals surface area contributed by atoms with Crippen molar-refractivity contribution in [3.63, 3.8) is 0 Å². The summed E-state index contributed by atoms with van der Waals surface area (Å²) < 4.78 is 1.30. The second kappa shape index (κ2) is 6.23. The topological polar surface area (TPSA) is 24.9 Å². The van der Waals surface area contributed by atoms with Crippen LogP contribution >= 0.6 is 11.3 Å². The Bertz CT molecular complexity index is 555. The van der Waals surface area contributed by atoms with E-state index < -0.39 is 0 Å². The fourth-order valence-corrected chi connectivity index (χ4v) is 4.07. The third-order valence-electron chi connectivity index (χ3n) is 4.73. The number of hydrogen-bond acceptors (Lipinski definition) is 3. The molecule has 108 valence electrons. The van der Waals surface area contributed by atoms with Gasteiger partial charge in [0.1, 0.15) is 0 Å². The maximum absolute atomic E-state index is 4.55. The molecule has 1 unspecified atom stereocenters.